The fraction of sp³-hybridized carbons (Fsp3) is 0.350. The van der Waals surface area contributed by atoms with Gasteiger partial charge in [-0.2, -0.15) is 0 Å². The fourth-order valence-electron chi connectivity index (χ4n) is 3.57. The first kappa shape index (κ1) is 19.1. The molecule has 0 atom stereocenters. The molecule has 26 heavy (non-hydrogen) atoms. The smallest absolute Gasteiger partial charge is 0.246 e. The van der Waals surface area contributed by atoms with Crippen molar-refractivity contribution >= 4 is 37.4 Å². The number of rotatable bonds is 4. The van der Waals surface area contributed by atoms with Crippen LogP contribution < -0.4 is 5.32 Å². The Morgan fingerprint density at radius 2 is 1.73 bits per heavy atom. The van der Waals surface area contributed by atoms with E-state index >= 15 is 0 Å². The monoisotopic (exact) mass is 435 g/mol. The van der Waals surface area contributed by atoms with Gasteiger partial charge in [0.05, 0.1) is 10.6 Å². The zero-order chi connectivity index (χ0) is 18.9. The average molecular weight is 436 g/mol. The second-order valence-electron chi connectivity index (χ2n) is 6.91. The molecule has 0 unspecified atom stereocenters. The number of halogens is 1. The summed E-state index contributed by atoms with van der Waals surface area (Å²) in [5, 5.41) is 2.84. The largest absolute Gasteiger partial charge is 0.324 e. The molecule has 2 aromatic rings. The first-order valence-electron chi connectivity index (χ1n) is 8.66. The molecule has 1 fully saturated rings. The van der Waals surface area contributed by atoms with Gasteiger partial charge >= 0.3 is 0 Å². The van der Waals surface area contributed by atoms with Gasteiger partial charge in [0.15, 0.2) is 14.6 Å². The number of aryl methyl sites for hydroxylation is 2. The molecule has 4 nitrogen and oxygen atoms in total. The van der Waals surface area contributed by atoms with Gasteiger partial charge in [-0.1, -0.05) is 37.1 Å². The van der Waals surface area contributed by atoms with Gasteiger partial charge in [0.1, 0.15) is 0 Å². The third-order valence-electron chi connectivity index (χ3n) is 5.09. The average Bonchev–Trinajstić information content (AvgIpc) is 3.10. The van der Waals surface area contributed by atoms with E-state index in [1.165, 1.54) is 0 Å². The van der Waals surface area contributed by atoms with E-state index in [2.05, 4.69) is 21.2 Å². The van der Waals surface area contributed by atoms with E-state index in [0.717, 1.165) is 22.9 Å². The quantitative estimate of drug-likeness (QED) is 0.750. The van der Waals surface area contributed by atoms with Crippen LogP contribution in [0.5, 0.6) is 0 Å². The summed E-state index contributed by atoms with van der Waals surface area (Å²) in [5.74, 6) is -0.442. The lowest BCUT2D eigenvalue weighted by Gasteiger charge is -2.28. The third-order valence-corrected chi connectivity index (χ3v) is 8.43. The highest BCUT2D eigenvalue weighted by Gasteiger charge is 2.53. The molecule has 0 aliphatic heterocycles. The highest BCUT2D eigenvalue weighted by molar-refractivity contribution is 9.10. The van der Waals surface area contributed by atoms with Gasteiger partial charge in [0.25, 0.3) is 0 Å². The van der Waals surface area contributed by atoms with Crippen molar-refractivity contribution in [2.75, 3.05) is 5.32 Å². The lowest BCUT2D eigenvalue weighted by atomic mass is 10.1. The Morgan fingerprint density at radius 1 is 1.08 bits per heavy atom. The Balaban J connectivity index is 2.06. The van der Waals surface area contributed by atoms with E-state index in [1.54, 1.807) is 31.2 Å². The first-order valence-corrected chi connectivity index (χ1v) is 10.9. The molecule has 3 rings (SSSR count). The Hall–Kier alpha value is -1.66. The van der Waals surface area contributed by atoms with E-state index in [0.29, 0.717) is 24.1 Å². The van der Waals surface area contributed by atoms with Gasteiger partial charge in [0, 0.05) is 4.47 Å². The zero-order valence-electron chi connectivity index (χ0n) is 14.9. The van der Waals surface area contributed by atoms with Crippen molar-refractivity contribution in [3.8, 4) is 0 Å². The van der Waals surface area contributed by atoms with Gasteiger partial charge in [-0.15, -0.1) is 0 Å². The van der Waals surface area contributed by atoms with Crippen LogP contribution in [0.1, 0.15) is 36.8 Å². The van der Waals surface area contributed by atoms with E-state index in [4.69, 9.17) is 0 Å². The Labute approximate surface area is 163 Å². The van der Waals surface area contributed by atoms with Crippen LogP contribution in [-0.2, 0) is 14.6 Å². The maximum atomic E-state index is 13.6. The zero-order valence-corrected chi connectivity index (χ0v) is 17.3. The molecular formula is C20H22BrNO3S. The number of nitrogens with one attached hydrogen (secondary N) is 1. The standard InChI is InChI=1S/C20H22BrNO3S/c1-14-9-10-15(2)18(13-14)26(24,25)20(11-5-6-12-20)19(23)22-17-8-4-3-7-16(17)21/h3-4,7-10,13H,5-6,11-12H2,1-2H3,(H,22,23). The minimum Gasteiger partial charge on any atom is -0.324 e. The summed E-state index contributed by atoms with van der Waals surface area (Å²) in [6.07, 6.45) is 2.15. The number of carbonyl (C=O) groups excluding carboxylic acids is 1. The van der Waals surface area contributed by atoms with Crippen molar-refractivity contribution in [1.29, 1.82) is 0 Å². The molecule has 0 heterocycles. The van der Waals surface area contributed by atoms with Crippen LogP contribution in [0.2, 0.25) is 0 Å². The predicted molar refractivity (Wildman–Crippen MR) is 107 cm³/mol. The molecule has 0 saturated heterocycles. The normalized spacial score (nSPS) is 16.4. The Kier molecular flexibility index (Phi) is 5.26. The van der Waals surface area contributed by atoms with Crippen molar-refractivity contribution in [1.82, 2.24) is 0 Å². The predicted octanol–water partition coefficient (Wildman–Crippen LogP) is 4.79. The van der Waals surface area contributed by atoms with E-state index in [1.807, 2.05) is 25.1 Å². The summed E-state index contributed by atoms with van der Waals surface area (Å²) in [6.45, 7) is 3.64. The molecule has 0 aromatic heterocycles. The minimum absolute atomic E-state index is 0.265. The molecule has 1 aliphatic rings. The number of anilines is 1. The van der Waals surface area contributed by atoms with E-state index in [-0.39, 0.29) is 4.90 Å². The van der Waals surface area contributed by atoms with Crippen molar-refractivity contribution in [2.24, 2.45) is 0 Å². The Bertz CT molecular complexity index is 947. The molecule has 138 valence electrons. The number of carbonyl (C=O) groups is 1. The maximum absolute atomic E-state index is 13.6. The second kappa shape index (κ2) is 7.16. The summed E-state index contributed by atoms with van der Waals surface area (Å²) in [5.41, 5.74) is 2.13. The SMILES string of the molecule is Cc1ccc(C)c(S(=O)(=O)C2(C(=O)Nc3ccccc3Br)CCCC2)c1. The van der Waals surface area contributed by atoms with Gasteiger partial charge < -0.3 is 5.32 Å². The molecule has 1 saturated carbocycles. The van der Waals surface area contributed by atoms with Crippen LogP contribution in [0, 0.1) is 13.8 Å². The molecule has 1 amide bonds. The molecule has 1 N–H and O–H groups in total. The third kappa shape index (κ3) is 3.21. The van der Waals surface area contributed by atoms with Crippen LogP contribution in [-0.4, -0.2) is 19.1 Å². The number of para-hydroxylation sites is 1. The van der Waals surface area contributed by atoms with Crippen molar-refractivity contribution in [3.63, 3.8) is 0 Å². The van der Waals surface area contributed by atoms with Gasteiger partial charge in [0.2, 0.25) is 5.91 Å². The summed E-state index contributed by atoms with van der Waals surface area (Å²) in [7, 11) is -3.81. The van der Waals surface area contributed by atoms with Gasteiger partial charge in [-0.3, -0.25) is 4.79 Å². The maximum Gasteiger partial charge on any atom is 0.246 e. The molecule has 0 radical (unpaired) electrons. The molecule has 0 bridgehead atoms. The Morgan fingerprint density at radius 3 is 2.38 bits per heavy atom. The molecule has 6 heteroatoms. The second-order valence-corrected chi connectivity index (χ2v) is 9.99. The molecule has 0 spiro atoms. The highest BCUT2D eigenvalue weighted by Crippen LogP contribution is 2.42. The van der Waals surface area contributed by atoms with Crippen molar-refractivity contribution in [2.45, 2.75) is 49.2 Å². The van der Waals surface area contributed by atoms with Crippen LogP contribution >= 0.6 is 15.9 Å². The highest BCUT2D eigenvalue weighted by atomic mass is 79.9. The number of amides is 1. The summed E-state index contributed by atoms with van der Waals surface area (Å²) < 4.78 is 26.5. The van der Waals surface area contributed by atoms with E-state index < -0.39 is 20.5 Å². The van der Waals surface area contributed by atoms with Crippen LogP contribution in [0.4, 0.5) is 5.69 Å². The number of sulfone groups is 1. The minimum atomic E-state index is -3.81. The van der Waals surface area contributed by atoms with Crippen molar-refractivity contribution < 1.29 is 13.2 Å². The van der Waals surface area contributed by atoms with Gasteiger partial charge in [-0.05, 0) is 71.9 Å². The first-order chi connectivity index (χ1) is 12.3. The van der Waals surface area contributed by atoms with E-state index in [9.17, 15) is 13.2 Å². The van der Waals surface area contributed by atoms with Crippen LogP contribution in [0.15, 0.2) is 51.8 Å². The number of hydrogen-bond acceptors (Lipinski definition) is 3. The van der Waals surface area contributed by atoms with Crippen LogP contribution in [0.25, 0.3) is 0 Å². The molecule has 1 aliphatic carbocycles. The summed E-state index contributed by atoms with van der Waals surface area (Å²) >= 11 is 3.40. The lowest BCUT2D eigenvalue weighted by molar-refractivity contribution is -0.118. The molecular weight excluding hydrogens is 414 g/mol. The van der Waals surface area contributed by atoms with Crippen molar-refractivity contribution in [3.05, 3.63) is 58.1 Å². The molecule has 2 aromatic carbocycles. The van der Waals surface area contributed by atoms with Crippen LogP contribution in [0.3, 0.4) is 0 Å². The number of hydrogen-bond donors (Lipinski definition) is 1. The fourth-order valence-corrected chi connectivity index (χ4v) is 6.33. The lowest BCUT2D eigenvalue weighted by Crippen LogP contribution is -2.47. The van der Waals surface area contributed by atoms with Gasteiger partial charge in [-0.25, -0.2) is 8.42 Å². The summed E-state index contributed by atoms with van der Waals surface area (Å²) in [4.78, 5) is 13.5. The topological polar surface area (TPSA) is 63.2 Å². The summed E-state index contributed by atoms with van der Waals surface area (Å²) in [6, 6.07) is 12.6. The number of benzene rings is 2.